The molecule has 1 atom stereocenters. The molecule has 1 unspecified atom stereocenters. The summed E-state index contributed by atoms with van der Waals surface area (Å²) in [5, 5.41) is 11.5. The fourth-order valence-electron chi connectivity index (χ4n) is 1.85. The summed E-state index contributed by atoms with van der Waals surface area (Å²) < 4.78 is 0.798. The Morgan fingerprint density at radius 1 is 1.21 bits per heavy atom. The molecular weight excluding hydrogens is 244 g/mol. The van der Waals surface area contributed by atoms with E-state index in [1.807, 2.05) is 13.8 Å². The molecule has 5 heteroatoms. The number of hydrogen-bond donors (Lipinski definition) is 2. The summed E-state index contributed by atoms with van der Waals surface area (Å²) in [6, 6.07) is 0. The van der Waals surface area contributed by atoms with Gasteiger partial charge in [0, 0.05) is 25.3 Å². The maximum absolute atomic E-state index is 11.6. The molecule has 0 aliphatic carbocycles. The van der Waals surface area contributed by atoms with Gasteiger partial charge < -0.3 is 14.9 Å². The third-order valence-electron chi connectivity index (χ3n) is 3.45. The van der Waals surface area contributed by atoms with Gasteiger partial charge in [0.1, 0.15) is 0 Å². The lowest BCUT2D eigenvalue weighted by molar-refractivity contribution is -0.890. The highest BCUT2D eigenvalue weighted by atomic mass is 16.4. The standard InChI is InChI=1S/C14H28N2O3/c1-5-12(2)14(19)15-9-7-11-16(3,4)10-6-8-13(17)18/h12H,5-11H2,1-4H3,(H-,15,17,18,19)/p+1. The van der Waals surface area contributed by atoms with Crippen molar-refractivity contribution in [3.05, 3.63) is 0 Å². The van der Waals surface area contributed by atoms with Crippen LogP contribution in [-0.2, 0) is 9.59 Å². The van der Waals surface area contributed by atoms with E-state index in [0.717, 1.165) is 30.4 Å². The van der Waals surface area contributed by atoms with Crippen molar-refractivity contribution in [2.75, 3.05) is 33.7 Å². The molecule has 19 heavy (non-hydrogen) atoms. The monoisotopic (exact) mass is 273 g/mol. The Morgan fingerprint density at radius 3 is 2.32 bits per heavy atom. The van der Waals surface area contributed by atoms with E-state index >= 15 is 0 Å². The van der Waals surface area contributed by atoms with E-state index in [2.05, 4.69) is 19.4 Å². The lowest BCUT2D eigenvalue weighted by atomic mass is 10.1. The Balaban J connectivity index is 3.74. The molecule has 112 valence electrons. The number of carboxylic acids is 1. The van der Waals surface area contributed by atoms with Crippen LogP contribution in [0.25, 0.3) is 0 Å². The van der Waals surface area contributed by atoms with Gasteiger partial charge in [0.2, 0.25) is 5.91 Å². The first-order valence-electron chi connectivity index (χ1n) is 7.10. The van der Waals surface area contributed by atoms with Gasteiger partial charge in [-0.2, -0.15) is 0 Å². The summed E-state index contributed by atoms with van der Waals surface area (Å²) in [7, 11) is 4.19. The van der Waals surface area contributed by atoms with E-state index in [1.54, 1.807) is 0 Å². The Morgan fingerprint density at radius 2 is 1.79 bits per heavy atom. The quantitative estimate of drug-likeness (QED) is 0.468. The lowest BCUT2D eigenvalue weighted by Crippen LogP contribution is -2.43. The molecule has 0 aromatic heterocycles. The Bertz CT molecular complexity index is 290. The van der Waals surface area contributed by atoms with Crippen molar-refractivity contribution in [2.45, 2.75) is 39.5 Å². The van der Waals surface area contributed by atoms with Crippen LogP contribution in [0.5, 0.6) is 0 Å². The SMILES string of the molecule is CCC(C)C(=O)NCCC[N+](C)(C)CCCC(=O)O. The van der Waals surface area contributed by atoms with Crippen LogP contribution in [0.3, 0.4) is 0 Å². The maximum atomic E-state index is 11.6. The number of nitrogens with zero attached hydrogens (tertiary/aromatic N) is 1. The number of amides is 1. The van der Waals surface area contributed by atoms with E-state index in [0.29, 0.717) is 13.0 Å². The first kappa shape index (κ1) is 17.9. The van der Waals surface area contributed by atoms with Crippen LogP contribution in [0, 0.1) is 5.92 Å². The molecular formula is C14H29N2O3+. The van der Waals surface area contributed by atoms with Crippen LogP contribution >= 0.6 is 0 Å². The smallest absolute Gasteiger partial charge is 0.303 e. The van der Waals surface area contributed by atoms with Crippen LogP contribution in [0.2, 0.25) is 0 Å². The average molecular weight is 273 g/mol. The van der Waals surface area contributed by atoms with E-state index < -0.39 is 5.97 Å². The highest BCUT2D eigenvalue weighted by Crippen LogP contribution is 2.04. The summed E-state index contributed by atoms with van der Waals surface area (Å²) in [4.78, 5) is 22.0. The predicted octanol–water partition coefficient (Wildman–Crippen LogP) is 1.48. The second-order valence-corrected chi connectivity index (χ2v) is 5.83. The molecule has 1 amide bonds. The van der Waals surface area contributed by atoms with Gasteiger partial charge in [0.25, 0.3) is 0 Å². The lowest BCUT2D eigenvalue weighted by Gasteiger charge is -2.29. The third-order valence-corrected chi connectivity index (χ3v) is 3.45. The van der Waals surface area contributed by atoms with Crippen molar-refractivity contribution in [1.82, 2.24) is 5.32 Å². The molecule has 0 aliphatic rings. The number of carbonyl (C=O) groups is 2. The van der Waals surface area contributed by atoms with Gasteiger partial charge in [-0.15, -0.1) is 0 Å². The molecule has 0 radical (unpaired) electrons. The molecule has 0 aromatic rings. The first-order chi connectivity index (χ1) is 8.78. The van der Waals surface area contributed by atoms with Crippen molar-refractivity contribution >= 4 is 11.9 Å². The number of carboxylic acid groups (broad SMARTS) is 1. The Kier molecular flexibility index (Phi) is 8.39. The molecule has 0 bridgehead atoms. The minimum Gasteiger partial charge on any atom is -0.481 e. The third kappa shape index (κ3) is 9.47. The summed E-state index contributed by atoms with van der Waals surface area (Å²) in [6.07, 6.45) is 2.71. The van der Waals surface area contributed by atoms with Crippen LogP contribution in [0.15, 0.2) is 0 Å². The van der Waals surface area contributed by atoms with Crippen molar-refractivity contribution in [2.24, 2.45) is 5.92 Å². The number of quaternary nitrogens is 1. The molecule has 0 aromatic carbocycles. The molecule has 2 N–H and O–H groups in total. The van der Waals surface area contributed by atoms with E-state index in [1.165, 1.54) is 0 Å². The fraction of sp³-hybridized carbons (Fsp3) is 0.857. The van der Waals surface area contributed by atoms with Crippen molar-refractivity contribution in [1.29, 1.82) is 0 Å². The highest BCUT2D eigenvalue weighted by Gasteiger charge is 2.15. The molecule has 5 nitrogen and oxygen atoms in total. The zero-order valence-electron chi connectivity index (χ0n) is 12.7. The van der Waals surface area contributed by atoms with Crippen LogP contribution in [-0.4, -0.2) is 55.2 Å². The van der Waals surface area contributed by atoms with E-state index in [4.69, 9.17) is 5.11 Å². The van der Waals surface area contributed by atoms with Gasteiger partial charge in [0.15, 0.2) is 0 Å². The van der Waals surface area contributed by atoms with Gasteiger partial charge in [-0.05, 0) is 6.42 Å². The van der Waals surface area contributed by atoms with Crippen molar-refractivity contribution < 1.29 is 19.2 Å². The summed E-state index contributed by atoms with van der Waals surface area (Å²) in [5.74, 6) is -0.530. The van der Waals surface area contributed by atoms with Crippen molar-refractivity contribution in [3.63, 3.8) is 0 Å². The number of hydrogen-bond acceptors (Lipinski definition) is 2. The minimum absolute atomic E-state index is 0.0815. The molecule has 0 saturated carbocycles. The zero-order chi connectivity index (χ0) is 14.9. The Labute approximate surface area is 116 Å². The molecule has 0 saturated heterocycles. The topological polar surface area (TPSA) is 66.4 Å². The average Bonchev–Trinajstić information content (AvgIpc) is 2.32. The molecule has 0 spiro atoms. The normalized spacial score (nSPS) is 13.1. The molecule has 0 aliphatic heterocycles. The predicted molar refractivity (Wildman–Crippen MR) is 75.8 cm³/mol. The highest BCUT2D eigenvalue weighted by molar-refractivity contribution is 5.78. The van der Waals surface area contributed by atoms with Gasteiger partial charge in [0.05, 0.1) is 33.6 Å². The molecule has 0 heterocycles. The summed E-state index contributed by atoms with van der Waals surface area (Å²) >= 11 is 0. The van der Waals surface area contributed by atoms with Gasteiger partial charge in [-0.25, -0.2) is 0 Å². The number of nitrogens with one attached hydrogen (secondary N) is 1. The van der Waals surface area contributed by atoms with Crippen LogP contribution in [0.1, 0.15) is 39.5 Å². The van der Waals surface area contributed by atoms with E-state index in [9.17, 15) is 9.59 Å². The van der Waals surface area contributed by atoms with Gasteiger partial charge in [-0.3, -0.25) is 9.59 Å². The second kappa shape index (κ2) is 8.91. The first-order valence-corrected chi connectivity index (χ1v) is 7.10. The number of rotatable bonds is 10. The second-order valence-electron chi connectivity index (χ2n) is 5.83. The summed E-state index contributed by atoms with van der Waals surface area (Å²) in [5.41, 5.74) is 0. The maximum Gasteiger partial charge on any atom is 0.303 e. The number of carbonyl (C=O) groups excluding carboxylic acids is 1. The van der Waals surface area contributed by atoms with E-state index in [-0.39, 0.29) is 18.2 Å². The van der Waals surface area contributed by atoms with Crippen LogP contribution in [0.4, 0.5) is 0 Å². The van der Waals surface area contributed by atoms with Gasteiger partial charge >= 0.3 is 5.97 Å². The van der Waals surface area contributed by atoms with Gasteiger partial charge in [-0.1, -0.05) is 13.8 Å². The zero-order valence-corrected chi connectivity index (χ0v) is 12.7. The van der Waals surface area contributed by atoms with Crippen LogP contribution < -0.4 is 5.32 Å². The van der Waals surface area contributed by atoms with Crippen molar-refractivity contribution in [3.8, 4) is 0 Å². The summed E-state index contributed by atoms with van der Waals surface area (Å²) in [6.45, 7) is 6.43. The number of aliphatic carboxylic acids is 1. The molecule has 0 rings (SSSR count). The minimum atomic E-state index is -0.735. The largest absolute Gasteiger partial charge is 0.481 e. The molecule has 0 fully saturated rings. The fourth-order valence-corrected chi connectivity index (χ4v) is 1.85. The Hall–Kier alpha value is -1.10.